The monoisotopic (exact) mass is 322 g/mol. The van der Waals surface area contributed by atoms with Crippen LogP contribution >= 0.6 is 27.5 Å². The Morgan fingerprint density at radius 2 is 2.22 bits per heavy atom. The summed E-state index contributed by atoms with van der Waals surface area (Å²) in [5, 5.41) is 9.54. The first-order valence-corrected chi connectivity index (χ1v) is 6.29. The van der Waals surface area contributed by atoms with E-state index in [1.54, 1.807) is 30.5 Å². The molecular formula is C13H8BrClN2O. The highest BCUT2D eigenvalue weighted by Gasteiger charge is 2.06. The number of hydrogen-bond acceptors (Lipinski definition) is 3. The second-order valence-corrected chi connectivity index (χ2v) is 4.78. The number of nitriles is 1. The maximum atomic E-state index is 8.91. The van der Waals surface area contributed by atoms with Crippen LogP contribution in [0.25, 0.3) is 0 Å². The van der Waals surface area contributed by atoms with Gasteiger partial charge in [0.15, 0.2) is 0 Å². The minimum atomic E-state index is 0.289. The van der Waals surface area contributed by atoms with E-state index in [4.69, 9.17) is 21.6 Å². The van der Waals surface area contributed by atoms with Gasteiger partial charge in [-0.3, -0.25) is 0 Å². The average Bonchev–Trinajstić information content (AvgIpc) is 2.38. The topological polar surface area (TPSA) is 45.9 Å². The number of aromatic nitrogens is 1. The van der Waals surface area contributed by atoms with Gasteiger partial charge in [0, 0.05) is 16.8 Å². The van der Waals surface area contributed by atoms with Crippen LogP contribution in [0.2, 0.25) is 5.02 Å². The van der Waals surface area contributed by atoms with E-state index in [0.717, 1.165) is 10.0 Å². The maximum Gasteiger partial charge on any atom is 0.147 e. The lowest BCUT2D eigenvalue weighted by Crippen LogP contribution is -2.00. The van der Waals surface area contributed by atoms with Gasteiger partial charge in [0.25, 0.3) is 0 Å². The molecule has 0 aliphatic rings. The predicted octanol–water partition coefficient (Wildman–Crippen LogP) is 3.95. The number of halogens is 2. The molecule has 0 saturated heterocycles. The molecule has 0 bridgehead atoms. The highest BCUT2D eigenvalue weighted by Crippen LogP contribution is 2.28. The lowest BCUT2D eigenvalue weighted by molar-refractivity contribution is 0.303. The molecule has 0 spiro atoms. The Morgan fingerprint density at radius 1 is 1.39 bits per heavy atom. The minimum Gasteiger partial charge on any atom is -0.488 e. The lowest BCUT2D eigenvalue weighted by Gasteiger charge is -2.09. The SMILES string of the molecule is N#Cc1ncccc1COc1ccc(Cl)cc1Br. The molecule has 18 heavy (non-hydrogen) atoms. The molecule has 0 unspecified atom stereocenters. The van der Waals surface area contributed by atoms with Gasteiger partial charge in [-0.2, -0.15) is 5.26 Å². The Hall–Kier alpha value is -1.57. The van der Waals surface area contributed by atoms with Crippen molar-refractivity contribution < 1.29 is 4.74 Å². The number of ether oxygens (including phenoxy) is 1. The first kappa shape index (κ1) is 12.9. The minimum absolute atomic E-state index is 0.289. The van der Waals surface area contributed by atoms with Gasteiger partial charge in [0.1, 0.15) is 24.1 Å². The van der Waals surface area contributed by atoms with E-state index in [2.05, 4.69) is 20.9 Å². The zero-order valence-electron chi connectivity index (χ0n) is 9.23. The molecule has 0 N–H and O–H groups in total. The quantitative estimate of drug-likeness (QED) is 0.859. The van der Waals surface area contributed by atoms with E-state index >= 15 is 0 Å². The van der Waals surface area contributed by atoms with E-state index in [0.29, 0.717) is 16.5 Å². The van der Waals surface area contributed by atoms with Crippen molar-refractivity contribution in [2.45, 2.75) is 6.61 Å². The Morgan fingerprint density at radius 3 is 2.94 bits per heavy atom. The molecule has 0 saturated carbocycles. The average molecular weight is 324 g/mol. The second kappa shape index (κ2) is 5.85. The molecule has 0 fully saturated rings. The fraction of sp³-hybridized carbons (Fsp3) is 0.0769. The van der Waals surface area contributed by atoms with E-state index in [9.17, 15) is 0 Å². The van der Waals surface area contributed by atoms with Crippen molar-refractivity contribution in [2.24, 2.45) is 0 Å². The van der Waals surface area contributed by atoms with Gasteiger partial charge in [-0.05, 0) is 40.2 Å². The van der Waals surface area contributed by atoms with Crippen LogP contribution in [-0.2, 0) is 6.61 Å². The Bertz CT molecular complexity index is 610. The maximum absolute atomic E-state index is 8.91. The van der Waals surface area contributed by atoms with Crippen LogP contribution in [0.3, 0.4) is 0 Å². The standard InChI is InChI=1S/C13H8BrClN2O/c14-11-6-10(15)3-4-13(11)18-8-9-2-1-5-17-12(9)7-16/h1-6H,8H2. The summed E-state index contributed by atoms with van der Waals surface area (Å²) < 4.78 is 6.40. The number of nitrogens with zero attached hydrogens (tertiary/aromatic N) is 2. The molecule has 0 atom stereocenters. The summed E-state index contributed by atoms with van der Waals surface area (Å²) >= 11 is 9.21. The molecule has 1 aromatic carbocycles. The van der Waals surface area contributed by atoms with Crippen molar-refractivity contribution in [3.63, 3.8) is 0 Å². The van der Waals surface area contributed by atoms with Gasteiger partial charge >= 0.3 is 0 Å². The normalized spacial score (nSPS) is 9.83. The summed E-state index contributed by atoms with van der Waals surface area (Å²) in [5.74, 6) is 0.673. The van der Waals surface area contributed by atoms with Crippen molar-refractivity contribution in [1.82, 2.24) is 4.98 Å². The molecule has 0 radical (unpaired) electrons. The van der Waals surface area contributed by atoms with Crippen LogP contribution in [0.4, 0.5) is 0 Å². The first-order chi connectivity index (χ1) is 8.70. The van der Waals surface area contributed by atoms with Crippen LogP contribution in [0.1, 0.15) is 11.3 Å². The van der Waals surface area contributed by atoms with Crippen molar-refractivity contribution in [2.75, 3.05) is 0 Å². The van der Waals surface area contributed by atoms with Crippen molar-refractivity contribution in [3.05, 3.63) is 57.3 Å². The lowest BCUT2D eigenvalue weighted by atomic mass is 10.2. The largest absolute Gasteiger partial charge is 0.488 e. The fourth-order valence-electron chi connectivity index (χ4n) is 1.40. The van der Waals surface area contributed by atoms with Gasteiger partial charge in [0.05, 0.1) is 4.47 Å². The van der Waals surface area contributed by atoms with Gasteiger partial charge in [-0.15, -0.1) is 0 Å². The highest BCUT2D eigenvalue weighted by molar-refractivity contribution is 9.10. The molecule has 0 amide bonds. The molecule has 2 aromatic rings. The summed E-state index contributed by atoms with van der Waals surface area (Å²) in [6, 6.07) is 10.9. The van der Waals surface area contributed by atoms with Gasteiger partial charge in [-0.1, -0.05) is 17.7 Å². The number of hydrogen-bond donors (Lipinski definition) is 0. The highest BCUT2D eigenvalue weighted by atomic mass is 79.9. The predicted molar refractivity (Wildman–Crippen MR) is 72.4 cm³/mol. The van der Waals surface area contributed by atoms with Crippen LogP contribution in [0.15, 0.2) is 41.0 Å². The van der Waals surface area contributed by atoms with Gasteiger partial charge < -0.3 is 4.74 Å². The molecular weight excluding hydrogens is 316 g/mol. The molecule has 90 valence electrons. The summed E-state index contributed by atoms with van der Waals surface area (Å²) in [5.41, 5.74) is 1.13. The smallest absolute Gasteiger partial charge is 0.147 e. The molecule has 0 aliphatic heterocycles. The third kappa shape index (κ3) is 3.00. The number of benzene rings is 1. The van der Waals surface area contributed by atoms with Crippen molar-refractivity contribution >= 4 is 27.5 Å². The van der Waals surface area contributed by atoms with Crippen LogP contribution in [0.5, 0.6) is 5.75 Å². The van der Waals surface area contributed by atoms with Crippen molar-refractivity contribution in [1.29, 1.82) is 5.26 Å². The third-order valence-corrected chi connectivity index (χ3v) is 3.13. The van der Waals surface area contributed by atoms with E-state index in [1.165, 1.54) is 0 Å². The molecule has 1 aromatic heterocycles. The third-order valence-electron chi connectivity index (χ3n) is 2.27. The molecule has 2 rings (SSSR count). The zero-order valence-corrected chi connectivity index (χ0v) is 11.6. The Balaban J connectivity index is 2.14. The fourth-order valence-corrected chi connectivity index (χ4v) is 2.20. The second-order valence-electron chi connectivity index (χ2n) is 3.49. The summed E-state index contributed by atoms with van der Waals surface area (Å²) in [7, 11) is 0. The van der Waals surface area contributed by atoms with Crippen LogP contribution in [-0.4, -0.2) is 4.98 Å². The number of pyridine rings is 1. The van der Waals surface area contributed by atoms with E-state index in [-0.39, 0.29) is 6.61 Å². The summed E-state index contributed by atoms with van der Waals surface area (Å²) in [4.78, 5) is 3.97. The molecule has 3 nitrogen and oxygen atoms in total. The molecule has 5 heteroatoms. The van der Waals surface area contributed by atoms with E-state index in [1.807, 2.05) is 12.1 Å². The van der Waals surface area contributed by atoms with Crippen LogP contribution in [0, 0.1) is 11.3 Å². The summed E-state index contributed by atoms with van der Waals surface area (Å²) in [6.07, 6.45) is 1.58. The Labute approximate surface area is 118 Å². The van der Waals surface area contributed by atoms with Crippen molar-refractivity contribution in [3.8, 4) is 11.8 Å². The van der Waals surface area contributed by atoms with E-state index < -0.39 is 0 Å². The Kier molecular flexibility index (Phi) is 4.19. The van der Waals surface area contributed by atoms with Gasteiger partial charge in [-0.25, -0.2) is 4.98 Å². The summed E-state index contributed by atoms with van der Waals surface area (Å²) in [6.45, 7) is 0.289. The van der Waals surface area contributed by atoms with Gasteiger partial charge in [0.2, 0.25) is 0 Å². The molecule has 1 heterocycles. The first-order valence-electron chi connectivity index (χ1n) is 5.12. The van der Waals surface area contributed by atoms with Crippen LogP contribution < -0.4 is 4.74 Å². The zero-order chi connectivity index (χ0) is 13.0. The number of rotatable bonds is 3. The molecule has 0 aliphatic carbocycles.